The van der Waals surface area contributed by atoms with Gasteiger partial charge in [0, 0.05) is 58.6 Å². The number of carboxylic acids is 1. The van der Waals surface area contributed by atoms with Crippen molar-refractivity contribution in [2.24, 2.45) is 0 Å². The van der Waals surface area contributed by atoms with Crippen LogP contribution in [0.4, 0.5) is 23.3 Å². The van der Waals surface area contributed by atoms with Crippen LogP contribution in [0, 0.1) is 0 Å². The summed E-state index contributed by atoms with van der Waals surface area (Å²) in [6.45, 7) is 0. The maximum atomic E-state index is 11.5. The number of anilines is 4. The number of fused-ring (bicyclic) bond motifs is 2. The van der Waals surface area contributed by atoms with Gasteiger partial charge in [-0.15, -0.1) is 0 Å². The number of hydrogen-bond donors (Lipinski definition) is 1. The molecule has 18 heteroatoms. The molecule has 2 heterocycles. The van der Waals surface area contributed by atoms with E-state index in [1.54, 1.807) is 54.5 Å². The molecule has 0 spiro atoms. The lowest BCUT2D eigenvalue weighted by Crippen LogP contribution is -2.15. The number of carboxylic acid groups (broad SMARTS) is 1. The van der Waals surface area contributed by atoms with Crippen molar-refractivity contribution in [2.75, 3.05) is 23.9 Å². The fourth-order valence-electron chi connectivity index (χ4n) is 4.44. The van der Waals surface area contributed by atoms with E-state index in [2.05, 4.69) is 41.3 Å². The Bertz CT molecular complexity index is 2090. The summed E-state index contributed by atoms with van der Waals surface area (Å²) in [5.74, 6) is -0.333. The lowest BCUT2D eigenvalue weighted by Gasteiger charge is -2.20. The largest absolute Gasteiger partial charge is 0.478 e. The minimum absolute atomic E-state index is 0.0456. The van der Waals surface area contributed by atoms with Gasteiger partial charge in [-0.2, -0.15) is 0 Å². The van der Waals surface area contributed by atoms with Gasteiger partial charge >= 0.3 is 5.97 Å². The molecule has 258 valence electrons. The third-order valence-electron chi connectivity index (χ3n) is 6.83. The minimum atomic E-state index is -1.67. The average molecular weight is 834 g/mol. The van der Waals surface area contributed by atoms with Crippen molar-refractivity contribution in [1.29, 1.82) is 0 Å². The molecule has 2 aromatic heterocycles. The van der Waals surface area contributed by atoms with Crippen LogP contribution in [0.25, 0.3) is 21.8 Å². The number of nitrogens with zero attached hydrogens (tertiary/aromatic N) is 6. The molecule has 0 saturated heterocycles. The van der Waals surface area contributed by atoms with Crippen LogP contribution in [0.3, 0.4) is 0 Å². The standard InChI is InChI=1S/C16H10Cl3N3O.C16H11Cl2N3O2.Cl2OS/c1-22(12-7-6-10(17)13(14(12)18)15(19)23)16-20-8-9-4-2-3-5-11(9)21-16;1-21(12-7-6-10(17)13(14(12)18)15(22)23)16-19-8-9-4-2-3-5-11(9)20-16;1-4(2)3/h2-8H,1H3;2-8H,1H3,(H,22,23);. The molecule has 4 aromatic carbocycles. The number of hydrogen-bond acceptors (Lipinski definition) is 9. The summed E-state index contributed by atoms with van der Waals surface area (Å²) >= 11 is 29.9. The Morgan fingerprint density at radius 2 is 1.04 bits per heavy atom. The average Bonchev–Trinajstić information content (AvgIpc) is 3.07. The highest BCUT2D eigenvalue weighted by Crippen LogP contribution is 2.37. The summed E-state index contributed by atoms with van der Waals surface area (Å²) in [6.07, 6.45) is 3.43. The molecule has 0 aliphatic heterocycles. The first-order valence-corrected chi connectivity index (χ1v) is 18.4. The zero-order valence-corrected chi connectivity index (χ0v) is 31.6. The summed E-state index contributed by atoms with van der Waals surface area (Å²) in [7, 11) is 10.8. The molecule has 1 N–H and O–H groups in total. The lowest BCUT2D eigenvalue weighted by atomic mass is 10.2. The Kier molecular flexibility index (Phi) is 13.8. The number of benzene rings is 4. The van der Waals surface area contributed by atoms with Gasteiger partial charge in [0.2, 0.25) is 21.1 Å². The van der Waals surface area contributed by atoms with E-state index in [1.165, 1.54) is 6.07 Å². The number of rotatable bonds is 6. The molecular formula is C32H21Cl7N6O4S. The molecule has 6 aromatic rings. The van der Waals surface area contributed by atoms with Crippen LogP contribution in [0.5, 0.6) is 0 Å². The van der Waals surface area contributed by atoms with E-state index in [0.29, 0.717) is 23.3 Å². The number of halogens is 7. The van der Waals surface area contributed by atoms with E-state index >= 15 is 0 Å². The van der Waals surface area contributed by atoms with E-state index in [0.717, 1.165) is 21.8 Å². The van der Waals surface area contributed by atoms with Crippen LogP contribution in [0.2, 0.25) is 20.1 Å². The summed E-state index contributed by atoms with van der Waals surface area (Å²) in [4.78, 5) is 43.7. The van der Waals surface area contributed by atoms with Crippen LogP contribution >= 0.6 is 79.4 Å². The first kappa shape index (κ1) is 39.3. The predicted molar refractivity (Wildman–Crippen MR) is 205 cm³/mol. The van der Waals surface area contributed by atoms with E-state index in [1.807, 2.05) is 48.5 Å². The minimum Gasteiger partial charge on any atom is -0.478 e. The van der Waals surface area contributed by atoms with Crippen LogP contribution in [-0.4, -0.2) is 54.6 Å². The van der Waals surface area contributed by atoms with Crippen molar-refractivity contribution in [1.82, 2.24) is 19.9 Å². The Balaban J connectivity index is 0.000000203. The molecule has 0 saturated carbocycles. The fraction of sp³-hybridized carbons (Fsp3) is 0.0625. The predicted octanol–water partition coefficient (Wildman–Crippen LogP) is 10.5. The topological polar surface area (TPSA) is 129 Å². The summed E-state index contributed by atoms with van der Waals surface area (Å²) in [6, 6.07) is 21.6. The van der Waals surface area contributed by atoms with Gasteiger partial charge in [-0.1, -0.05) is 82.8 Å². The van der Waals surface area contributed by atoms with Gasteiger partial charge in [0.05, 0.1) is 53.6 Å². The van der Waals surface area contributed by atoms with Gasteiger partial charge in [-0.3, -0.25) is 4.79 Å². The van der Waals surface area contributed by atoms with Crippen molar-refractivity contribution in [2.45, 2.75) is 0 Å². The SMILES string of the molecule is CN(c1ncc2ccccc2n1)c1ccc(Cl)c(C(=O)Cl)c1Cl.CN(c1ncc2ccccc2n1)c1ccc(Cl)c(C(=O)O)c1Cl.O=S(Cl)Cl. The van der Waals surface area contributed by atoms with Crippen LogP contribution in [0.15, 0.2) is 85.2 Å². The monoisotopic (exact) mass is 830 g/mol. The van der Waals surface area contributed by atoms with Gasteiger partial charge < -0.3 is 14.9 Å². The molecule has 0 aliphatic rings. The van der Waals surface area contributed by atoms with Gasteiger partial charge in [-0.25, -0.2) is 28.9 Å². The highest BCUT2D eigenvalue weighted by atomic mass is 36.0. The number of carbonyl (C=O) groups excluding carboxylic acids is 1. The second kappa shape index (κ2) is 17.6. The Morgan fingerprint density at radius 3 is 1.44 bits per heavy atom. The third-order valence-corrected chi connectivity index (χ3v) is 8.41. The van der Waals surface area contributed by atoms with Gasteiger partial charge in [0.25, 0.3) is 5.24 Å². The fourth-order valence-corrected chi connectivity index (χ4v) is 6.06. The first-order valence-electron chi connectivity index (χ1n) is 13.8. The number of aromatic nitrogens is 4. The zero-order valence-electron chi connectivity index (χ0n) is 25.5. The highest BCUT2D eigenvalue weighted by Gasteiger charge is 2.21. The van der Waals surface area contributed by atoms with Gasteiger partial charge in [-0.05, 0) is 48.0 Å². The van der Waals surface area contributed by atoms with E-state index in [4.69, 9.17) is 62.2 Å². The highest BCUT2D eigenvalue weighted by molar-refractivity contribution is 8.26. The number of carbonyl (C=O) groups is 2. The van der Waals surface area contributed by atoms with Crippen LogP contribution in [-0.2, 0) is 9.23 Å². The molecule has 0 bridgehead atoms. The van der Waals surface area contributed by atoms with Crippen molar-refractivity contribution in [3.8, 4) is 0 Å². The van der Waals surface area contributed by atoms with Crippen molar-refractivity contribution < 1.29 is 18.9 Å². The number of para-hydroxylation sites is 2. The zero-order chi connectivity index (χ0) is 36.7. The Hall–Kier alpha value is -3.52. The molecular weight excluding hydrogens is 813 g/mol. The van der Waals surface area contributed by atoms with Crippen molar-refractivity contribution >= 4 is 145 Å². The summed E-state index contributed by atoms with van der Waals surface area (Å²) < 4.78 is 9.09. The van der Waals surface area contributed by atoms with E-state index in [9.17, 15) is 14.7 Å². The van der Waals surface area contributed by atoms with Crippen LogP contribution < -0.4 is 9.80 Å². The van der Waals surface area contributed by atoms with E-state index < -0.39 is 20.4 Å². The molecule has 0 fully saturated rings. The first-order chi connectivity index (χ1) is 23.7. The van der Waals surface area contributed by atoms with Gasteiger partial charge in [0.1, 0.15) is 0 Å². The molecule has 0 atom stereocenters. The maximum absolute atomic E-state index is 11.5. The van der Waals surface area contributed by atoms with Crippen molar-refractivity contribution in [3.05, 3.63) is 116 Å². The van der Waals surface area contributed by atoms with Crippen molar-refractivity contribution in [3.63, 3.8) is 0 Å². The molecule has 10 nitrogen and oxygen atoms in total. The second-order valence-corrected chi connectivity index (χ2v) is 14.3. The van der Waals surface area contributed by atoms with Crippen LogP contribution in [0.1, 0.15) is 20.7 Å². The molecule has 6 rings (SSSR count). The molecule has 0 aliphatic carbocycles. The smallest absolute Gasteiger partial charge is 0.338 e. The summed E-state index contributed by atoms with van der Waals surface area (Å²) in [5.41, 5.74) is 2.52. The second-order valence-electron chi connectivity index (χ2n) is 9.85. The Morgan fingerprint density at radius 1 is 0.660 bits per heavy atom. The third kappa shape index (κ3) is 9.42. The molecule has 0 amide bonds. The lowest BCUT2D eigenvalue weighted by molar-refractivity contribution is 0.0697. The molecule has 50 heavy (non-hydrogen) atoms. The van der Waals surface area contributed by atoms with Gasteiger partial charge in [0.15, 0.2) is 0 Å². The van der Waals surface area contributed by atoms with E-state index in [-0.39, 0.29) is 31.2 Å². The number of aromatic carboxylic acids is 1. The molecule has 0 unspecified atom stereocenters. The quantitative estimate of drug-likeness (QED) is 0.162. The Labute approximate surface area is 321 Å². The molecule has 0 radical (unpaired) electrons. The maximum Gasteiger partial charge on any atom is 0.338 e. The summed E-state index contributed by atoms with van der Waals surface area (Å²) in [5, 5.41) is 10.9. The normalized spacial score (nSPS) is 10.6.